The molecule has 0 fully saturated rings. The fourth-order valence-electron chi connectivity index (χ4n) is 2.07. The molecule has 1 atom stereocenters. The van der Waals surface area contributed by atoms with E-state index in [9.17, 15) is 27.9 Å². The van der Waals surface area contributed by atoms with Crippen LogP contribution in [0, 0.1) is 6.92 Å². The molecule has 0 unspecified atom stereocenters. The topological polar surface area (TPSA) is 95.3 Å². The second kappa shape index (κ2) is 6.52. The number of nitrogens with one attached hydrogen (secondary N) is 2. The van der Waals surface area contributed by atoms with Crippen LogP contribution in [0.5, 0.6) is 0 Å². The summed E-state index contributed by atoms with van der Waals surface area (Å²) in [6, 6.07) is 4.71. The number of H-pyrrole nitrogens is 1. The third-order valence-electron chi connectivity index (χ3n) is 3.44. The fraction of sp³-hybridized carbons (Fsp3) is 0.333. The van der Waals surface area contributed by atoms with E-state index in [1.165, 1.54) is 19.1 Å². The van der Waals surface area contributed by atoms with Crippen LogP contribution in [0.25, 0.3) is 0 Å². The summed E-state index contributed by atoms with van der Waals surface area (Å²) in [5.41, 5.74) is -3.54. The number of rotatable bonds is 5. The third kappa shape index (κ3) is 3.67. The van der Waals surface area contributed by atoms with Crippen LogP contribution in [0.3, 0.4) is 0 Å². The lowest BCUT2D eigenvalue weighted by atomic mass is 9.95. The molecular formula is C15H15F3N2O4. The van der Waals surface area contributed by atoms with Crippen molar-refractivity contribution in [1.82, 2.24) is 10.3 Å². The van der Waals surface area contributed by atoms with Gasteiger partial charge in [0.05, 0.1) is 5.56 Å². The zero-order valence-corrected chi connectivity index (χ0v) is 12.6. The Labute approximate surface area is 134 Å². The number of aromatic nitrogens is 1. The van der Waals surface area contributed by atoms with E-state index in [0.29, 0.717) is 0 Å². The van der Waals surface area contributed by atoms with Gasteiger partial charge >= 0.3 is 6.18 Å². The van der Waals surface area contributed by atoms with Crippen LogP contribution in [-0.2, 0) is 5.60 Å². The lowest BCUT2D eigenvalue weighted by molar-refractivity contribution is -0.274. The number of alkyl halides is 3. The summed E-state index contributed by atoms with van der Waals surface area (Å²) in [7, 11) is 0. The standard InChI is InChI=1S/C15H15F3N2O4/c1-9-2-4-11(24-9)14(23,15(16,17)18)6-7-19-13(22)10-3-5-12(21)20-8-10/h2-5,8,23H,6-7H2,1H3,(H,19,22)(H,20,21)/t14-/m0/s1. The van der Waals surface area contributed by atoms with Gasteiger partial charge in [0.1, 0.15) is 11.5 Å². The summed E-state index contributed by atoms with van der Waals surface area (Å²) < 4.78 is 44.6. The van der Waals surface area contributed by atoms with Crippen molar-refractivity contribution in [2.75, 3.05) is 6.54 Å². The summed E-state index contributed by atoms with van der Waals surface area (Å²) in [6.07, 6.45) is -4.65. The van der Waals surface area contributed by atoms with Crippen molar-refractivity contribution in [3.05, 3.63) is 57.9 Å². The first-order chi connectivity index (χ1) is 11.1. The number of halogens is 3. The molecule has 3 N–H and O–H groups in total. The Morgan fingerprint density at radius 3 is 2.50 bits per heavy atom. The van der Waals surface area contributed by atoms with E-state index in [1.54, 1.807) is 0 Å². The molecule has 0 spiro atoms. The number of hydrogen-bond acceptors (Lipinski definition) is 4. The van der Waals surface area contributed by atoms with E-state index >= 15 is 0 Å². The first kappa shape index (κ1) is 17.8. The molecule has 0 radical (unpaired) electrons. The molecular weight excluding hydrogens is 329 g/mol. The van der Waals surface area contributed by atoms with Crippen LogP contribution in [0.2, 0.25) is 0 Å². The number of carbonyl (C=O) groups excluding carboxylic acids is 1. The minimum atomic E-state index is -4.97. The zero-order chi connectivity index (χ0) is 18.0. The van der Waals surface area contributed by atoms with Crippen LogP contribution in [0.15, 0.2) is 39.7 Å². The van der Waals surface area contributed by atoms with E-state index in [0.717, 1.165) is 18.3 Å². The van der Waals surface area contributed by atoms with Gasteiger partial charge < -0.3 is 19.8 Å². The smallest absolute Gasteiger partial charge is 0.424 e. The molecule has 24 heavy (non-hydrogen) atoms. The molecule has 0 aromatic carbocycles. The summed E-state index contributed by atoms with van der Waals surface area (Å²) in [6.45, 7) is 1.01. The Balaban J connectivity index is 2.07. The van der Waals surface area contributed by atoms with Gasteiger partial charge in [-0.3, -0.25) is 9.59 Å². The molecule has 2 rings (SSSR count). The van der Waals surface area contributed by atoms with E-state index in [1.807, 2.05) is 0 Å². The lowest BCUT2D eigenvalue weighted by Gasteiger charge is -2.28. The normalized spacial score (nSPS) is 14.2. The minimum Gasteiger partial charge on any atom is -0.463 e. The van der Waals surface area contributed by atoms with Gasteiger partial charge in [0.2, 0.25) is 11.2 Å². The quantitative estimate of drug-likeness (QED) is 0.771. The number of aliphatic hydroxyl groups is 1. The summed E-state index contributed by atoms with van der Waals surface area (Å²) in [5.74, 6) is -1.08. The van der Waals surface area contributed by atoms with Crippen molar-refractivity contribution in [2.45, 2.75) is 25.1 Å². The van der Waals surface area contributed by atoms with Crippen LogP contribution in [0.4, 0.5) is 13.2 Å². The number of pyridine rings is 1. The van der Waals surface area contributed by atoms with E-state index < -0.39 is 42.0 Å². The number of amides is 1. The van der Waals surface area contributed by atoms with Gasteiger partial charge in [0.25, 0.3) is 5.91 Å². The molecule has 0 aliphatic carbocycles. The molecule has 130 valence electrons. The lowest BCUT2D eigenvalue weighted by Crippen LogP contribution is -2.44. The molecule has 6 nitrogen and oxygen atoms in total. The highest BCUT2D eigenvalue weighted by Crippen LogP contribution is 2.41. The van der Waals surface area contributed by atoms with Crippen molar-refractivity contribution >= 4 is 5.91 Å². The molecule has 0 aliphatic rings. The molecule has 0 bridgehead atoms. The largest absolute Gasteiger partial charge is 0.463 e. The summed E-state index contributed by atoms with van der Waals surface area (Å²) in [4.78, 5) is 25.0. The Bertz CT molecular complexity index is 761. The number of aromatic amines is 1. The van der Waals surface area contributed by atoms with Gasteiger partial charge in [-0.05, 0) is 25.1 Å². The molecule has 0 saturated carbocycles. The van der Waals surface area contributed by atoms with Gasteiger partial charge in [-0.1, -0.05) is 0 Å². The minimum absolute atomic E-state index is 0.0824. The van der Waals surface area contributed by atoms with Gasteiger partial charge in [0.15, 0.2) is 0 Å². The predicted octanol–water partition coefficient (Wildman–Crippen LogP) is 1.85. The number of hydrogen-bond donors (Lipinski definition) is 3. The van der Waals surface area contributed by atoms with Gasteiger partial charge in [-0.2, -0.15) is 13.2 Å². The zero-order valence-electron chi connectivity index (χ0n) is 12.6. The van der Waals surface area contributed by atoms with E-state index in [2.05, 4.69) is 10.3 Å². The third-order valence-corrected chi connectivity index (χ3v) is 3.44. The maximum Gasteiger partial charge on any atom is 0.424 e. The summed E-state index contributed by atoms with van der Waals surface area (Å²) >= 11 is 0. The van der Waals surface area contributed by atoms with E-state index in [-0.39, 0.29) is 11.3 Å². The van der Waals surface area contributed by atoms with Crippen molar-refractivity contribution in [3.63, 3.8) is 0 Å². The van der Waals surface area contributed by atoms with Crippen molar-refractivity contribution in [1.29, 1.82) is 0 Å². The average Bonchev–Trinajstić information content (AvgIpc) is 2.93. The SMILES string of the molecule is Cc1ccc([C@@](O)(CCNC(=O)c2ccc(=O)[nH]c2)C(F)(F)F)o1. The summed E-state index contributed by atoms with van der Waals surface area (Å²) in [5, 5.41) is 12.3. The van der Waals surface area contributed by atoms with Crippen molar-refractivity contribution < 1.29 is 27.5 Å². The van der Waals surface area contributed by atoms with Crippen LogP contribution >= 0.6 is 0 Å². The van der Waals surface area contributed by atoms with Crippen LogP contribution in [0.1, 0.15) is 28.3 Å². The average molecular weight is 344 g/mol. The highest BCUT2D eigenvalue weighted by Gasteiger charge is 2.56. The highest BCUT2D eigenvalue weighted by molar-refractivity contribution is 5.93. The second-order valence-electron chi connectivity index (χ2n) is 5.22. The number of furan rings is 1. The number of aryl methyl sites for hydroxylation is 1. The maximum atomic E-state index is 13.2. The Hall–Kier alpha value is -2.55. The van der Waals surface area contributed by atoms with Gasteiger partial charge in [-0.15, -0.1) is 0 Å². The van der Waals surface area contributed by atoms with Gasteiger partial charge in [-0.25, -0.2) is 0 Å². The van der Waals surface area contributed by atoms with E-state index in [4.69, 9.17) is 4.42 Å². The molecule has 2 heterocycles. The molecule has 1 amide bonds. The predicted molar refractivity (Wildman–Crippen MR) is 77.4 cm³/mol. The van der Waals surface area contributed by atoms with Gasteiger partial charge in [0, 0.05) is 25.2 Å². The van der Waals surface area contributed by atoms with Crippen LogP contribution < -0.4 is 10.9 Å². The molecule has 0 saturated heterocycles. The second-order valence-corrected chi connectivity index (χ2v) is 5.22. The Kier molecular flexibility index (Phi) is 4.83. The van der Waals surface area contributed by atoms with Crippen molar-refractivity contribution in [3.8, 4) is 0 Å². The number of carbonyl (C=O) groups is 1. The highest BCUT2D eigenvalue weighted by atomic mass is 19.4. The molecule has 2 aromatic heterocycles. The van der Waals surface area contributed by atoms with Crippen LogP contribution in [-0.4, -0.2) is 28.7 Å². The molecule has 2 aromatic rings. The fourth-order valence-corrected chi connectivity index (χ4v) is 2.07. The Morgan fingerprint density at radius 1 is 1.29 bits per heavy atom. The first-order valence-corrected chi connectivity index (χ1v) is 6.96. The monoisotopic (exact) mass is 344 g/mol. The molecule has 9 heteroatoms. The Morgan fingerprint density at radius 2 is 2.00 bits per heavy atom. The maximum absolute atomic E-state index is 13.2. The van der Waals surface area contributed by atoms with Crippen molar-refractivity contribution in [2.24, 2.45) is 0 Å². The first-order valence-electron chi connectivity index (χ1n) is 6.96. The molecule has 0 aliphatic heterocycles.